The second-order valence-electron chi connectivity index (χ2n) is 6.00. The number of aliphatic hydroxyl groups is 3. The number of rotatable bonds is 5. The minimum atomic E-state index is -1.43. The lowest BCUT2D eigenvalue weighted by Gasteiger charge is -2.18. The summed E-state index contributed by atoms with van der Waals surface area (Å²) in [6.07, 6.45) is -5.03. The van der Waals surface area contributed by atoms with Crippen LogP contribution < -0.4 is 16.6 Å². The van der Waals surface area contributed by atoms with Gasteiger partial charge in [0, 0.05) is 18.8 Å². The molecule has 1 saturated heterocycles. The average molecular weight is 343 g/mol. The lowest BCUT2D eigenvalue weighted by molar-refractivity contribution is -0.132. The number of carbonyl (C=O) groups is 1. The highest BCUT2D eigenvalue weighted by Gasteiger charge is 2.44. The lowest BCUT2D eigenvalue weighted by atomic mass is 10.1. The van der Waals surface area contributed by atoms with Crippen molar-refractivity contribution < 1.29 is 24.9 Å². The Labute approximate surface area is 136 Å². The molecule has 1 aliphatic heterocycles. The fourth-order valence-electron chi connectivity index (χ4n) is 2.36. The number of amides is 1. The molecular weight excluding hydrogens is 322 g/mol. The molecule has 134 valence electrons. The van der Waals surface area contributed by atoms with E-state index >= 15 is 0 Å². The van der Waals surface area contributed by atoms with Gasteiger partial charge >= 0.3 is 5.69 Å². The highest BCUT2D eigenvalue weighted by Crippen LogP contribution is 2.27. The van der Waals surface area contributed by atoms with E-state index in [-0.39, 0.29) is 12.5 Å². The van der Waals surface area contributed by atoms with E-state index in [1.807, 2.05) is 4.98 Å². The standard InChI is InChI=1S/C14H21N3O7/c1-6(2)9(19)12(22)15-5-7-10(20)11(21)13(24-7)17-4-3-8(18)16-14(17)23/h3-4,6-7,9-11,13,19-21H,5H2,1-2H3,(H,15,22)(H,16,18,23)/t7-,9?,10-,11-,13-/m1/s1. The largest absolute Gasteiger partial charge is 0.387 e. The molecule has 1 amide bonds. The number of nitrogens with zero attached hydrogens (tertiary/aromatic N) is 1. The normalized spacial score (nSPS) is 28.1. The predicted octanol–water partition coefficient (Wildman–Crippen LogP) is -2.71. The van der Waals surface area contributed by atoms with Crippen LogP contribution in [-0.2, 0) is 9.53 Å². The van der Waals surface area contributed by atoms with E-state index in [1.165, 1.54) is 0 Å². The van der Waals surface area contributed by atoms with E-state index < -0.39 is 47.8 Å². The summed E-state index contributed by atoms with van der Waals surface area (Å²) in [5, 5.41) is 32.1. The number of hydrogen-bond donors (Lipinski definition) is 5. The minimum Gasteiger partial charge on any atom is -0.387 e. The Kier molecular flexibility index (Phi) is 5.54. The van der Waals surface area contributed by atoms with Gasteiger partial charge in [0.1, 0.15) is 24.4 Å². The van der Waals surface area contributed by atoms with Crippen molar-refractivity contribution in [1.29, 1.82) is 0 Å². The number of carbonyl (C=O) groups excluding carboxylic acids is 1. The first kappa shape index (κ1) is 18.3. The Balaban J connectivity index is 2.06. The summed E-state index contributed by atoms with van der Waals surface area (Å²) in [6.45, 7) is 3.19. The molecule has 2 rings (SSSR count). The summed E-state index contributed by atoms with van der Waals surface area (Å²) >= 11 is 0. The van der Waals surface area contributed by atoms with Gasteiger partial charge in [-0.3, -0.25) is 19.1 Å². The molecule has 1 aromatic heterocycles. The van der Waals surface area contributed by atoms with Gasteiger partial charge in [-0.25, -0.2) is 4.79 Å². The summed E-state index contributed by atoms with van der Waals surface area (Å²) < 4.78 is 6.37. The van der Waals surface area contributed by atoms with Crippen molar-refractivity contribution in [1.82, 2.24) is 14.9 Å². The van der Waals surface area contributed by atoms with E-state index in [0.29, 0.717) is 0 Å². The van der Waals surface area contributed by atoms with Crippen LogP contribution in [0.2, 0.25) is 0 Å². The Morgan fingerprint density at radius 1 is 1.38 bits per heavy atom. The van der Waals surface area contributed by atoms with Crippen LogP contribution in [0.1, 0.15) is 20.1 Å². The number of aromatic nitrogens is 2. The molecule has 0 radical (unpaired) electrons. The molecular formula is C14H21N3O7. The second kappa shape index (κ2) is 7.26. The third kappa shape index (κ3) is 3.73. The molecule has 2 heterocycles. The fourth-order valence-corrected chi connectivity index (χ4v) is 2.36. The fraction of sp³-hybridized carbons (Fsp3) is 0.643. The summed E-state index contributed by atoms with van der Waals surface area (Å²) in [6, 6.07) is 1.08. The second-order valence-corrected chi connectivity index (χ2v) is 6.00. The van der Waals surface area contributed by atoms with E-state index in [2.05, 4.69) is 5.32 Å². The van der Waals surface area contributed by atoms with Gasteiger partial charge in [-0.1, -0.05) is 13.8 Å². The van der Waals surface area contributed by atoms with Crippen LogP contribution in [0.5, 0.6) is 0 Å². The molecule has 1 fully saturated rings. The molecule has 5 atom stereocenters. The van der Waals surface area contributed by atoms with Gasteiger partial charge in [0.2, 0.25) is 5.91 Å². The molecule has 0 spiro atoms. The van der Waals surface area contributed by atoms with Crippen molar-refractivity contribution in [3.8, 4) is 0 Å². The Morgan fingerprint density at radius 2 is 2.04 bits per heavy atom. The molecule has 5 N–H and O–H groups in total. The SMILES string of the molecule is CC(C)C(O)C(=O)NC[C@H]1O[C@@H](n2ccc(=O)[nH]c2=O)[C@H](O)[C@@H]1O. The van der Waals surface area contributed by atoms with Gasteiger partial charge in [0.05, 0.1) is 0 Å². The molecule has 10 heteroatoms. The summed E-state index contributed by atoms with van der Waals surface area (Å²) in [4.78, 5) is 36.6. The summed E-state index contributed by atoms with van der Waals surface area (Å²) in [5.74, 6) is -0.905. The number of aromatic amines is 1. The molecule has 1 aromatic rings. The van der Waals surface area contributed by atoms with Gasteiger partial charge in [-0.2, -0.15) is 0 Å². The van der Waals surface area contributed by atoms with Crippen LogP contribution in [0, 0.1) is 5.92 Å². The highest BCUT2D eigenvalue weighted by molar-refractivity contribution is 5.80. The number of ether oxygens (including phenoxy) is 1. The van der Waals surface area contributed by atoms with Gasteiger partial charge in [-0.15, -0.1) is 0 Å². The zero-order valence-electron chi connectivity index (χ0n) is 13.2. The van der Waals surface area contributed by atoms with Crippen molar-refractivity contribution in [2.24, 2.45) is 5.92 Å². The third-order valence-corrected chi connectivity index (χ3v) is 3.84. The first-order valence-electron chi connectivity index (χ1n) is 7.51. The van der Waals surface area contributed by atoms with E-state index in [1.54, 1.807) is 13.8 Å². The number of H-pyrrole nitrogens is 1. The zero-order chi connectivity index (χ0) is 18.0. The van der Waals surface area contributed by atoms with Gasteiger partial charge in [-0.05, 0) is 5.92 Å². The minimum absolute atomic E-state index is 0.157. The first-order valence-corrected chi connectivity index (χ1v) is 7.51. The predicted molar refractivity (Wildman–Crippen MR) is 81.1 cm³/mol. The van der Waals surface area contributed by atoms with Crippen molar-refractivity contribution in [2.45, 2.75) is 44.5 Å². The van der Waals surface area contributed by atoms with Crippen LogP contribution in [-0.4, -0.2) is 61.7 Å². The highest BCUT2D eigenvalue weighted by atomic mass is 16.6. The van der Waals surface area contributed by atoms with Crippen molar-refractivity contribution >= 4 is 5.91 Å². The van der Waals surface area contributed by atoms with Crippen LogP contribution in [0.25, 0.3) is 0 Å². The van der Waals surface area contributed by atoms with E-state index in [9.17, 15) is 29.7 Å². The van der Waals surface area contributed by atoms with Crippen molar-refractivity contribution in [2.75, 3.05) is 6.54 Å². The van der Waals surface area contributed by atoms with Crippen LogP contribution in [0.4, 0.5) is 0 Å². The molecule has 0 aliphatic carbocycles. The Hall–Kier alpha value is -2.01. The van der Waals surface area contributed by atoms with Gasteiger partial charge < -0.3 is 25.4 Å². The molecule has 1 aliphatic rings. The van der Waals surface area contributed by atoms with E-state index in [4.69, 9.17) is 4.74 Å². The maximum Gasteiger partial charge on any atom is 0.330 e. The smallest absolute Gasteiger partial charge is 0.330 e. The molecule has 24 heavy (non-hydrogen) atoms. The summed E-state index contributed by atoms with van der Waals surface area (Å²) in [5.41, 5.74) is -1.39. The van der Waals surface area contributed by atoms with Gasteiger partial charge in [0.15, 0.2) is 6.23 Å². The number of nitrogens with one attached hydrogen (secondary N) is 2. The zero-order valence-corrected chi connectivity index (χ0v) is 13.2. The average Bonchev–Trinajstić information content (AvgIpc) is 2.80. The Morgan fingerprint density at radius 3 is 2.62 bits per heavy atom. The quantitative estimate of drug-likeness (QED) is 0.389. The summed E-state index contributed by atoms with van der Waals surface area (Å²) in [7, 11) is 0. The first-order chi connectivity index (χ1) is 11.2. The lowest BCUT2D eigenvalue weighted by Crippen LogP contribution is -2.44. The monoisotopic (exact) mass is 343 g/mol. The molecule has 0 bridgehead atoms. The topological polar surface area (TPSA) is 154 Å². The molecule has 1 unspecified atom stereocenters. The molecule has 0 saturated carbocycles. The number of hydrogen-bond acceptors (Lipinski definition) is 7. The van der Waals surface area contributed by atoms with Crippen molar-refractivity contribution in [3.05, 3.63) is 33.1 Å². The molecule has 10 nitrogen and oxygen atoms in total. The van der Waals surface area contributed by atoms with Crippen molar-refractivity contribution in [3.63, 3.8) is 0 Å². The third-order valence-electron chi connectivity index (χ3n) is 3.84. The number of aliphatic hydroxyl groups excluding tert-OH is 3. The maximum absolute atomic E-state index is 11.7. The van der Waals surface area contributed by atoms with Crippen LogP contribution in [0.3, 0.4) is 0 Å². The Bertz CT molecular complexity index is 698. The molecule has 0 aromatic carbocycles. The maximum atomic E-state index is 11.7. The van der Waals surface area contributed by atoms with Crippen LogP contribution in [0.15, 0.2) is 21.9 Å². The van der Waals surface area contributed by atoms with Gasteiger partial charge in [0.25, 0.3) is 5.56 Å². The van der Waals surface area contributed by atoms with Crippen LogP contribution >= 0.6 is 0 Å². The van der Waals surface area contributed by atoms with E-state index in [0.717, 1.165) is 16.8 Å².